The zero-order chi connectivity index (χ0) is 20.9. The van der Waals surface area contributed by atoms with Crippen LogP contribution in [0.5, 0.6) is 0 Å². The molecule has 0 radical (unpaired) electrons. The Morgan fingerprint density at radius 2 is 2.13 bits per heavy atom. The number of rotatable bonds is 3. The van der Waals surface area contributed by atoms with Crippen LogP contribution in [0, 0.1) is 6.92 Å². The number of aryl methyl sites for hydroxylation is 1. The summed E-state index contributed by atoms with van der Waals surface area (Å²) in [6, 6.07) is 5.38. The minimum Gasteiger partial charge on any atom is -0.370 e. The Balaban J connectivity index is 1.25. The fraction of sp³-hybridized carbons (Fsp3) is 0.455. The lowest BCUT2D eigenvalue weighted by Crippen LogP contribution is -2.59. The van der Waals surface area contributed by atoms with Gasteiger partial charge < -0.3 is 15.4 Å². The van der Waals surface area contributed by atoms with E-state index in [0.717, 1.165) is 50.3 Å². The van der Waals surface area contributed by atoms with E-state index in [4.69, 9.17) is 16.3 Å². The lowest BCUT2D eigenvalue weighted by molar-refractivity contribution is -0.0452. The van der Waals surface area contributed by atoms with Crippen molar-refractivity contribution in [2.75, 3.05) is 25.0 Å². The summed E-state index contributed by atoms with van der Waals surface area (Å²) in [5.41, 5.74) is 2.91. The predicted octanol–water partition coefficient (Wildman–Crippen LogP) is 3.25. The Bertz CT molecular complexity index is 1010. The van der Waals surface area contributed by atoms with Gasteiger partial charge in [-0.25, -0.2) is 4.68 Å². The van der Waals surface area contributed by atoms with Crippen molar-refractivity contribution in [3.8, 4) is 0 Å². The van der Waals surface area contributed by atoms with Crippen molar-refractivity contribution < 1.29 is 9.53 Å². The molecule has 0 saturated carbocycles. The molecule has 5 rings (SSSR count). The minimum atomic E-state index is -0.554. The van der Waals surface area contributed by atoms with Gasteiger partial charge in [-0.3, -0.25) is 9.69 Å². The van der Waals surface area contributed by atoms with E-state index in [2.05, 4.69) is 27.2 Å². The number of piperidine rings is 1. The molecule has 30 heavy (non-hydrogen) atoms. The SMILES string of the molecule is C=Cn1cc(CN2CCC3(CC2)CC2(CO3)NC(=O)c3cc(Cl)ccc3N2)c(C)n1. The first-order chi connectivity index (χ1) is 14.4. The predicted molar refractivity (Wildman–Crippen MR) is 116 cm³/mol. The first kappa shape index (κ1) is 19.6. The highest BCUT2D eigenvalue weighted by Crippen LogP contribution is 2.43. The number of likely N-dealkylation sites (tertiary alicyclic amines) is 1. The van der Waals surface area contributed by atoms with Crippen molar-refractivity contribution in [3.63, 3.8) is 0 Å². The minimum absolute atomic E-state index is 0.0981. The second-order valence-electron chi connectivity index (χ2n) is 8.68. The number of hydrogen-bond acceptors (Lipinski definition) is 5. The fourth-order valence-corrected chi connectivity index (χ4v) is 5.10. The number of aromatic nitrogens is 2. The molecular formula is C22H26ClN5O2. The largest absolute Gasteiger partial charge is 0.370 e. The molecule has 0 aliphatic carbocycles. The molecule has 0 bridgehead atoms. The number of carbonyl (C=O) groups is 1. The summed E-state index contributed by atoms with van der Waals surface area (Å²) in [4.78, 5) is 15.1. The van der Waals surface area contributed by atoms with Gasteiger partial charge in [0.1, 0.15) is 5.66 Å². The first-order valence-electron chi connectivity index (χ1n) is 10.3. The van der Waals surface area contributed by atoms with Crippen molar-refractivity contribution in [2.24, 2.45) is 0 Å². The molecule has 3 aliphatic heterocycles. The number of amides is 1. The average molecular weight is 428 g/mol. The normalized spacial score (nSPS) is 25.2. The molecule has 1 aromatic carbocycles. The number of halogens is 1. The highest BCUT2D eigenvalue weighted by Gasteiger charge is 2.53. The molecule has 8 heteroatoms. The van der Waals surface area contributed by atoms with Gasteiger partial charge in [-0.1, -0.05) is 18.2 Å². The Morgan fingerprint density at radius 1 is 1.33 bits per heavy atom. The van der Waals surface area contributed by atoms with Crippen molar-refractivity contribution in [2.45, 2.75) is 44.0 Å². The van der Waals surface area contributed by atoms with E-state index in [1.165, 1.54) is 5.56 Å². The molecule has 1 aromatic heterocycles. The number of hydrogen-bond donors (Lipinski definition) is 2. The third kappa shape index (κ3) is 3.41. The molecule has 2 saturated heterocycles. The van der Waals surface area contributed by atoms with Gasteiger partial charge in [0, 0.05) is 54.7 Å². The van der Waals surface area contributed by atoms with Crippen LogP contribution in [0.1, 0.15) is 40.9 Å². The summed E-state index contributed by atoms with van der Waals surface area (Å²) < 4.78 is 8.11. The molecule has 7 nitrogen and oxygen atoms in total. The smallest absolute Gasteiger partial charge is 0.255 e. The van der Waals surface area contributed by atoms with Crippen LogP contribution in [0.3, 0.4) is 0 Å². The molecule has 4 heterocycles. The van der Waals surface area contributed by atoms with Gasteiger partial charge in [0.15, 0.2) is 0 Å². The zero-order valence-corrected chi connectivity index (χ0v) is 17.8. The van der Waals surface area contributed by atoms with Crippen molar-refractivity contribution in [1.29, 1.82) is 0 Å². The monoisotopic (exact) mass is 427 g/mol. The first-order valence-corrected chi connectivity index (χ1v) is 10.7. The third-order valence-electron chi connectivity index (χ3n) is 6.57. The topological polar surface area (TPSA) is 71.4 Å². The van der Waals surface area contributed by atoms with E-state index in [-0.39, 0.29) is 11.5 Å². The molecule has 158 valence electrons. The van der Waals surface area contributed by atoms with E-state index in [0.29, 0.717) is 17.2 Å². The Hall–Kier alpha value is -2.35. The lowest BCUT2D eigenvalue weighted by Gasteiger charge is -2.41. The summed E-state index contributed by atoms with van der Waals surface area (Å²) in [7, 11) is 0. The molecule has 2 spiro atoms. The molecule has 1 atom stereocenters. The van der Waals surface area contributed by atoms with Crippen LogP contribution in [0.15, 0.2) is 31.0 Å². The van der Waals surface area contributed by atoms with Gasteiger partial charge in [0.25, 0.3) is 5.91 Å². The van der Waals surface area contributed by atoms with Crippen molar-refractivity contribution >= 4 is 29.4 Å². The maximum absolute atomic E-state index is 12.7. The van der Waals surface area contributed by atoms with Crippen LogP contribution in [0.4, 0.5) is 5.69 Å². The second-order valence-corrected chi connectivity index (χ2v) is 9.11. The maximum Gasteiger partial charge on any atom is 0.255 e. The van der Waals surface area contributed by atoms with Gasteiger partial charge in [0.2, 0.25) is 0 Å². The summed E-state index contributed by atoms with van der Waals surface area (Å²) >= 11 is 6.05. The fourth-order valence-electron chi connectivity index (χ4n) is 4.92. The Kier molecular flexibility index (Phi) is 4.65. The third-order valence-corrected chi connectivity index (χ3v) is 6.80. The number of carbonyl (C=O) groups excluding carboxylic acids is 1. The number of benzene rings is 1. The summed E-state index contributed by atoms with van der Waals surface area (Å²) in [5, 5.41) is 11.7. The Labute approximate surface area is 181 Å². The summed E-state index contributed by atoms with van der Waals surface area (Å²) in [6.45, 7) is 9.06. The number of nitrogens with one attached hydrogen (secondary N) is 2. The molecule has 2 aromatic rings. The van der Waals surface area contributed by atoms with E-state index in [1.807, 2.05) is 19.2 Å². The van der Waals surface area contributed by atoms with Crippen LogP contribution in [-0.4, -0.2) is 51.5 Å². The number of fused-ring (bicyclic) bond motifs is 1. The Morgan fingerprint density at radius 3 is 2.87 bits per heavy atom. The van der Waals surface area contributed by atoms with E-state index in [9.17, 15) is 4.79 Å². The van der Waals surface area contributed by atoms with Crippen molar-refractivity contribution in [1.82, 2.24) is 20.0 Å². The molecule has 1 unspecified atom stereocenters. The maximum atomic E-state index is 12.7. The summed E-state index contributed by atoms with van der Waals surface area (Å²) in [5.74, 6) is -0.0981. The molecule has 2 N–H and O–H groups in total. The van der Waals surface area contributed by atoms with Gasteiger partial charge in [-0.15, -0.1) is 0 Å². The van der Waals surface area contributed by atoms with Gasteiger partial charge in [-0.2, -0.15) is 5.10 Å². The summed E-state index contributed by atoms with van der Waals surface area (Å²) in [6.07, 6.45) is 6.39. The number of nitrogens with zero attached hydrogens (tertiary/aromatic N) is 3. The van der Waals surface area contributed by atoms with Crippen LogP contribution in [-0.2, 0) is 11.3 Å². The quantitative estimate of drug-likeness (QED) is 0.786. The van der Waals surface area contributed by atoms with Crippen LogP contribution < -0.4 is 10.6 Å². The molecule has 1 amide bonds. The van der Waals surface area contributed by atoms with Crippen LogP contribution >= 0.6 is 11.6 Å². The molecule has 2 fully saturated rings. The second kappa shape index (κ2) is 7.11. The number of ether oxygens (including phenoxy) is 1. The van der Waals surface area contributed by atoms with E-state index >= 15 is 0 Å². The van der Waals surface area contributed by atoms with Gasteiger partial charge in [-0.05, 0) is 38.0 Å². The molecular weight excluding hydrogens is 402 g/mol. The van der Waals surface area contributed by atoms with Gasteiger partial charge in [0.05, 0.1) is 23.5 Å². The molecule has 3 aliphatic rings. The van der Waals surface area contributed by atoms with Crippen LogP contribution in [0.25, 0.3) is 6.20 Å². The lowest BCUT2D eigenvalue weighted by atomic mass is 9.84. The zero-order valence-electron chi connectivity index (χ0n) is 17.1. The van der Waals surface area contributed by atoms with Crippen molar-refractivity contribution in [3.05, 3.63) is 52.8 Å². The van der Waals surface area contributed by atoms with Crippen LogP contribution in [0.2, 0.25) is 5.02 Å². The number of anilines is 1. The van der Waals surface area contributed by atoms with E-state index < -0.39 is 5.66 Å². The average Bonchev–Trinajstić information content (AvgIpc) is 3.25. The van der Waals surface area contributed by atoms with E-state index in [1.54, 1.807) is 23.0 Å². The highest BCUT2D eigenvalue weighted by molar-refractivity contribution is 6.31. The standard InChI is InChI=1S/C22H26ClN5O2/c1-3-28-12-16(15(2)26-28)11-27-8-6-21(7-9-27)13-22(14-30-21)24-19-5-4-17(23)10-18(19)20(29)25-22/h3-5,10,12,24H,1,6-9,11,13-14H2,2H3,(H,25,29). The van der Waals surface area contributed by atoms with Gasteiger partial charge >= 0.3 is 0 Å². The highest BCUT2D eigenvalue weighted by atomic mass is 35.5.